The van der Waals surface area contributed by atoms with Crippen molar-refractivity contribution in [2.45, 2.75) is 33.2 Å². The quantitative estimate of drug-likeness (QED) is 0.701. The van der Waals surface area contributed by atoms with Crippen LogP contribution in [0.15, 0.2) is 0 Å². The highest BCUT2D eigenvalue weighted by atomic mass is 16.5. The van der Waals surface area contributed by atoms with Crippen LogP contribution >= 0.6 is 0 Å². The fraction of sp³-hybridized carbons (Fsp3) is 0.750. The first-order valence-corrected chi connectivity index (χ1v) is 6.07. The standard InChI is InChI=1S/C12H19NO5/c1-4-18-10(14)6-13(7(2)3)11(15)8-5-9(8)12(16)17/h7-9H,4-6H2,1-3H3,(H,16,17)/t8-,9+/m1/s1. The summed E-state index contributed by atoms with van der Waals surface area (Å²) >= 11 is 0. The molecule has 1 aliphatic rings. The van der Waals surface area contributed by atoms with Crippen LogP contribution in [0.1, 0.15) is 27.2 Å². The topological polar surface area (TPSA) is 83.9 Å². The van der Waals surface area contributed by atoms with Crippen molar-refractivity contribution in [1.29, 1.82) is 0 Å². The number of esters is 1. The summed E-state index contributed by atoms with van der Waals surface area (Å²) in [5.41, 5.74) is 0. The Balaban J connectivity index is 2.60. The van der Waals surface area contributed by atoms with Gasteiger partial charge in [-0.2, -0.15) is 0 Å². The van der Waals surface area contributed by atoms with Crippen LogP contribution < -0.4 is 0 Å². The van der Waals surface area contributed by atoms with Crippen molar-refractivity contribution >= 4 is 17.8 Å². The second kappa shape index (κ2) is 5.84. The first-order chi connectivity index (χ1) is 8.38. The highest BCUT2D eigenvalue weighted by molar-refractivity contribution is 5.91. The summed E-state index contributed by atoms with van der Waals surface area (Å²) in [4.78, 5) is 35.6. The summed E-state index contributed by atoms with van der Waals surface area (Å²) in [5, 5.41) is 8.80. The number of carbonyl (C=O) groups excluding carboxylic acids is 2. The minimum atomic E-state index is -0.951. The second-order valence-electron chi connectivity index (χ2n) is 4.65. The largest absolute Gasteiger partial charge is 0.481 e. The molecule has 1 N–H and O–H groups in total. The number of hydrogen-bond donors (Lipinski definition) is 1. The normalized spacial score (nSPS) is 21.6. The van der Waals surface area contributed by atoms with Gasteiger partial charge in [-0.15, -0.1) is 0 Å². The molecule has 1 saturated carbocycles. The van der Waals surface area contributed by atoms with Crippen molar-refractivity contribution in [1.82, 2.24) is 4.90 Å². The van der Waals surface area contributed by atoms with Gasteiger partial charge in [-0.25, -0.2) is 0 Å². The number of carbonyl (C=O) groups is 3. The van der Waals surface area contributed by atoms with Gasteiger partial charge < -0.3 is 14.7 Å². The van der Waals surface area contributed by atoms with Crippen LogP contribution in [-0.4, -0.2) is 47.0 Å². The summed E-state index contributed by atoms with van der Waals surface area (Å²) in [6.07, 6.45) is 0.361. The highest BCUT2D eigenvalue weighted by Gasteiger charge is 2.50. The Morgan fingerprint density at radius 3 is 2.33 bits per heavy atom. The maximum Gasteiger partial charge on any atom is 0.325 e. The average molecular weight is 257 g/mol. The minimum Gasteiger partial charge on any atom is -0.481 e. The Kier molecular flexibility index (Phi) is 4.69. The van der Waals surface area contributed by atoms with E-state index in [1.165, 1.54) is 4.90 Å². The fourth-order valence-corrected chi connectivity index (χ4v) is 1.81. The maximum atomic E-state index is 12.1. The van der Waals surface area contributed by atoms with Gasteiger partial charge >= 0.3 is 11.9 Å². The van der Waals surface area contributed by atoms with Crippen LogP contribution in [0.2, 0.25) is 0 Å². The van der Waals surface area contributed by atoms with E-state index < -0.39 is 23.8 Å². The van der Waals surface area contributed by atoms with Crippen LogP contribution in [-0.2, 0) is 19.1 Å². The van der Waals surface area contributed by atoms with Gasteiger partial charge in [-0.3, -0.25) is 14.4 Å². The Hall–Kier alpha value is -1.59. The van der Waals surface area contributed by atoms with E-state index in [1.807, 2.05) is 0 Å². The van der Waals surface area contributed by atoms with Crippen molar-refractivity contribution < 1.29 is 24.2 Å². The van der Waals surface area contributed by atoms with Gasteiger partial charge in [0.05, 0.1) is 18.4 Å². The number of ether oxygens (including phenoxy) is 1. The molecular formula is C12H19NO5. The Morgan fingerprint density at radius 1 is 1.33 bits per heavy atom. The minimum absolute atomic E-state index is 0.118. The van der Waals surface area contributed by atoms with Gasteiger partial charge in [-0.1, -0.05) is 0 Å². The lowest BCUT2D eigenvalue weighted by Gasteiger charge is -2.25. The van der Waals surface area contributed by atoms with E-state index in [0.717, 1.165) is 0 Å². The molecule has 0 aromatic heterocycles. The monoisotopic (exact) mass is 257 g/mol. The van der Waals surface area contributed by atoms with Gasteiger partial charge in [0.25, 0.3) is 0 Å². The molecule has 1 fully saturated rings. The molecule has 2 atom stereocenters. The van der Waals surface area contributed by atoms with Crippen LogP contribution in [0, 0.1) is 11.8 Å². The van der Waals surface area contributed by atoms with Crippen LogP contribution in [0.3, 0.4) is 0 Å². The molecule has 0 radical (unpaired) electrons. The number of carboxylic acids is 1. The molecule has 0 aliphatic heterocycles. The summed E-state index contributed by atoms with van der Waals surface area (Å²) in [6.45, 7) is 5.42. The number of carboxylic acid groups (broad SMARTS) is 1. The summed E-state index contributed by atoms with van der Waals surface area (Å²) < 4.78 is 4.80. The Bertz CT molecular complexity index is 352. The third kappa shape index (κ3) is 3.45. The molecule has 0 aromatic rings. The molecule has 0 unspecified atom stereocenters. The van der Waals surface area contributed by atoms with Gasteiger partial charge in [0.1, 0.15) is 6.54 Å². The average Bonchev–Trinajstić information content (AvgIpc) is 3.04. The van der Waals surface area contributed by atoms with Crippen LogP contribution in [0.4, 0.5) is 0 Å². The molecule has 0 heterocycles. The van der Waals surface area contributed by atoms with Crippen molar-refractivity contribution in [3.05, 3.63) is 0 Å². The summed E-state index contributed by atoms with van der Waals surface area (Å²) in [5.74, 6) is -2.77. The number of amides is 1. The number of rotatable bonds is 6. The molecule has 1 rings (SSSR count). The van der Waals surface area contributed by atoms with Gasteiger partial charge in [0.2, 0.25) is 5.91 Å². The molecule has 1 amide bonds. The third-order valence-electron chi connectivity index (χ3n) is 2.94. The predicted octanol–water partition coefficient (Wildman–Crippen LogP) is 0.507. The molecule has 0 aromatic carbocycles. The van der Waals surface area contributed by atoms with E-state index in [1.54, 1.807) is 20.8 Å². The fourth-order valence-electron chi connectivity index (χ4n) is 1.81. The molecular weight excluding hydrogens is 238 g/mol. The smallest absolute Gasteiger partial charge is 0.325 e. The Labute approximate surface area is 106 Å². The van der Waals surface area contributed by atoms with Crippen molar-refractivity contribution in [3.8, 4) is 0 Å². The van der Waals surface area contributed by atoms with Crippen LogP contribution in [0.25, 0.3) is 0 Å². The first kappa shape index (κ1) is 14.5. The van der Waals surface area contributed by atoms with E-state index in [9.17, 15) is 14.4 Å². The predicted molar refractivity (Wildman–Crippen MR) is 62.7 cm³/mol. The van der Waals surface area contributed by atoms with Crippen molar-refractivity contribution in [2.75, 3.05) is 13.2 Å². The zero-order valence-corrected chi connectivity index (χ0v) is 10.9. The highest BCUT2D eigenvalue weighted by Crippen LogP contribution is 2.40. The van der Waals surface area contributed by atoms with Gasteiger partial charge in [0.15, 0.2) is 0 Å². The third-order valence-corrected chi connectivity index (χ3v) is 2.94. The SMILES string of the molecule is CCOC(=O)CN(C(=O)[C@@H]1C[C@@H]1C(=O)O)C(C)C. The molecule has 0 bridgehead atoms. The van der Waals surface area contributed by atoms with E-state index in [-0.39, 0.29) is 25.1 Å². The zero-order valence-electron chi connectivity index (χ0n) is 10.9. The lowest BCUT2D eigenvalue weighted by molar-refractivity contribution is -0.151. The first-order valence-electron chi connectivity index (χ1n) is 6.07. The Morgan fingerprint density at radius 2 is 1.94 bits per heavy atom. The van der Waals surface area contributed by atoms with E-state index in [4.69, 9.17) is 9.84 Å². The van der Waals surface area contributed by atoms with Gasteiger partial charge in [-0.05, 0) is 27.2 Å². The number of aliphatic carboxylic acids is 1. The number of nitrogens with zero attached hydrogens (tertiary/aromatic N) is 1. The van der Waals surface area contributed by atoms with E-state index >= 15 is 0 Å². The molecule has 102 valence electrons. The molecule has 18 heavy (non-hydrogen) atoms. The molecule has 6 heteroatoms. The maximum absolute atomic E-state index is 12.1. The van der Waals surface area contributed by atoms with E-state index in [2.05, 4.69) is 0 Å². The van der Waals surface area contributed by atoms with Crippen molar-refractivity contribution in [3.63, 3.8) is 0 Å². The molecule has 1 aliphatic carbocycles. The molecule has 6 nitrogen and oxygen atoms in total. The number of hydrogen-bond acceptors (Lipinski definition) is 4. The zero-order chi connectivity index (χ0) is 13.9. The molecule has 0 saturated heterocycles. The lowest BCUT2D eigenvalue weighted by atomic mass is 10.2. The van der Waals surface area contributed by atoms with E-state index in [0.29, 0.717) is 6.42 Å². The summed E-state index contributed by atoms with van der Waals surface area (Å²) in [7, 11) is 0. The van der Waals surface area contributed by atoms with Crippen LogP contribution in [0.5, 0.6) is 0 Å². The van der Waals surface area contributed by atoms with Gasteiger partial charge in [0, 0.05) is 6.04 Å². The lowest BCUT2D eigenvalue weighted by Crippen LogP contribution is -2.42. The second-order valence-corrected chi connectivity index (χ2v) is 4.65. The molecule has 0 spiro atoms. The van der Waals surface area contributed by atoms with Crippen molar-refractivity contribution in [2.24, 2.45) is 11.8 Å². The summed E-state index contributed by atoms with van der Waals surface area (Å²) in [6, 6.07) is -0.156.